The van der Waals surface area contributed by atoms with Crippen molar-refractivity contribution in [1.29, 1.82) is 0 Å². The van der Waals surface area contributed by atoms with E-state index in [-0.39, 0.29) is 10.6 Å². The number of hydrazine groups is 1. The Bertz CT molecular complexity index is 726. The second-order valence-corrected chi connectivity index (χ2v) is 6.62. The van der Waals surface area contributed by atoms with Crippen LogP contribution in [0.4, 0.5) is 0 Å². The van der Waals surface area contributed by atoms with Gasteiger partial charge in [-0.2, -0.15) is 0 Å². The van der Waals surface area contributed by atoms with Crippen LogP contribution in [0, 0.1) is 6.92 Å². The summed E-state index contributed by atoms with van der Waals surface area (Å²) >= 11 is 3.22. The molecule has 1 aromatic carbocycles. The van der Waals surface area contributed by atoms with Crippen LogP contribution in [0.1, 0.15) is 16.1 Å². The van der Waals surface area contributed by atoms with Gasteiger partial charge in [0.2, 0.25) is 0 Å². The van der Waals surface area contributed by atoms with E-state index in [1.165, 1.54) is 12.1 Å². The average Bonchev–Trinajstić information content (AvgIpc) is 2.93. The summed E-state index contributed by atoms with van der Waals surface area (Å²) in [6.07, 6.45) is 1.57. The molecular weight excluding hydrogens is 346 g/mol. The number of H-pyrrole nitrogens is 1. The molecule has 1 heterocycles. The Morgan fingerprint density at radius 2 is 2.05 bits per heavy atom. The zero-order chi connectivity index (χ0) is 14.8. The van der Waals surface area contributed by atoms with Crippen LogP contribution in [-0.4, -0.2) is 19.3 Å². The van der Waals surface area contributed by atoms with E-state index in [2.05, 4.69) is 31.2 Å². The summed E-state index contributed by atoms with van der Waals surface area (Å²) in [6.45, 7) is 1.67. The molecular formula is C12H12BrN3O3S. The first-order valence-corrected chi connectivity index (χ1v) is 7.89. The number of hydrogen-bond acceptors (Lipinski definition) is 3. The highest BCUT2D eigenvalue weighted by Crippen LogP contribution is 2.20. The van der Waals surface area contributed by atoms with Gasteiger partial charge in [-0.1, -0.05) is 22.0 Å². The molecule has 0 saturated heterocycles. The van der Waals surface area contributed by atoms with Gasteiger partial charge >= 0.3 is 0 Å². The summed E-state index contributed by atoms with van der Waals surface area (Å²) in [5.74, 6) is -0.564. The third-order valence-corrected chi connectivity index (χ3v) is 4.46. The van der Waals surface area contributed by atoms with Gasteiger partial charge in [-0.3, -0.25) is 10.2 Å². The van der Waals surface area contributed by atoms with Gasteiger partial charge in [0, 0.05) is 10.7 Å². The molecule has 20 heavy (non-hydrogen) atoms. The molecule has 0 unspecified atom stereocenters. The highest BCUT2D eigenvalue weighted by molar-refractivity contribution is 9.10. The number of nitrogens with one attached hydrogen (secondary N) is 3. The Kier molecular flexibility index (Phi) is 4.26. The second kappa shape index (κ2) is 5.78. The molecule has 0 atom stereocenters. The summed E-state index contributed by atoms with van der Waals surface area (Å²) in [5, 5.41) is 0. The van der Waals surface area contributed by atoms with E-state index in [1.807, 2.05) is 0 Å². The number of amides is 1. The fourth-order valence-electron chi connectivity index (χ4n) is 1.57. The molecule has 0 fully saturated rings. The van der Waals surface area contributed by atoms with Crippen molar-refractivity contribution in [3.05, 3.63) is 52.3 Å². The molecule has 6 nitrogen and oxygen atoms in total. The van der Waals surface area contributed by atoms with Crippen LogP contribution in [0.25, 0.3) is 0 Å². The Morgan fingerprint density at radius 1 is 1.30 bits per heavy atom. The Hall–Kier alpha value is -1.64. The molecule has 0 aliphatic carbocycles. The lowest BCUT2D eigenvalue weighted by molar-refractivity contribution is 0.0940. The summed E-state index contributed by atoms with van der Waals surface area (Å²) < 4.78 is 24.9. The number of aromatic nitrogens is 1. The van der Waals surface area contributed by atoms with Gasteiger partial charge in [0.15, 0.2) is 0 Å². The molecule has 8 heteroatoms. The van der Waals surface area contributed by atoms with Gasteiger partial charge in [-0.15, -0.1) is 4.83 Å². The lowest BCUT2D eigenvalue weighted by Crippen LogP contribution is -2.41. The molecule has 0 saturated carbocycles. The normalized spacial score (nSPS) is 11.3. The number of benzene rings is 1. The van der Waals surface area contributed by atoms with Crippen molar-refractivity contribution in [2.75, 3.05) is 0 Å². The van der Waals surface area contributed by atoms with Crippen molar-refractivity contribution in [2.24, 2.45) is 0 Å². The molecule has 0 spiro atoms. The maximum atomic E-state index is 12.1. The van der Waals surface area contributed by atoms with Gasteiger partial charge in [0.05, 0.1) is 4.90 Å². The Balaban J connectivity index is 2.16. The lowest BCUT2D eigenvalue weighted by Gasteiger charge is -2.10. The van der Waals surface area contributed by atoms with Crippen LogP contribution < -0.4 is 10.3 Å². The van der Waals surface area contributed by atoms with Gasteiger partial charge in [0.25, 0.3) is 15.9 Å². The number of carbonyl (C=O) groups excluding carboxylic acids is 1. The number of aryl methyl sites for hydroxylation is 1. The molecule has 2 rings (SSSR count). The van der Waals surface area contributed by atoms with E-state index in [4.69, 9.17) is 0 Å². The van der Waals surface area contributed by atoms with E-state index < -0.39 is 15.9 Å². The minimum absolute atomic E-state index is 0.0960. The van der Waals surface area contributed by atoms with E-state index in [1.54, 1.807) is 31.3 Å². The van der Waals surface area contributed by atoms with Gasteiger partial charge in [-0.25, -0.2) is 8.42 Å². The van der Waals surface area contributed by atoms with E-state index in [9.17, 15) is 13.2 Å². The molecule has 0 radical (unpaired) electrons. The van der Waals surface area contributed by atoms with Crippen LogP contribution in [0.5, 0.6) is 0 Å². The lowest BCUT2D eigenvalue weighted by atomic mass is 10.2. The maximum Gasteiger partial charge on any atom is 0.282 e. The number of hydrogen-bond donors (Lipinski definition) is 3. The topological polar surface area (TPSA) is 91.1 Å². The number of carbonyl (C=O) groups is 1. The maximum absolute atomic E-state index is 12.1. The Labute approximate surface area is 124 Å². The minimum atomic E-state index is -3.83. The number of aromatic amines is 1. The van der Waals surface area contributed by atoms with Gasteiger partial charge < -0.3 is 4.98 Å². The minimum Gasteiger partial charge on any atom is -0.357 e. The molecule has 1 amide bonds. The smallest absolute Gasteiger partial charge is 0.282 e. The van der Waals surface area contributed by atoms with Crippen LogP contribution in [-0.2, 0) is 10.0 Å². The van der Waals surface area contributed by atoms with Crippen molar-refractivity contribution in [1.82, 2.24) is 15.2 Å². The highest BCUT2D eigenvalue weighted by atomic mass is 79.9. The summed E-state index contributed by atoms with van der Waals surface area (Å²) in [6, 6.07) is 8.06. The fraction of sp³-hybridized carbons (Fsp3) is 0.0833. The molecule has 106 valence electrons. The fourth-order valence-corrected chi connectivity index (χ4v) is 3.19. The second-order valence-electron chi connectivity index (χ2n) is 4.05. The number of rotatable bonds is 4. The third kappa shape index (κ3) is 3.27. The average molecular weight is 358 g/mol. The molecule has 0 bridgehead atoms. The molecule has 2 aromatic rings. The largest absolute Gasteiger partial charge is 0.357 e. The predicted octanol–water partition coefficient (Wildman–Crippen LogP) is 1.71. The van der Waals surface area contributed by atoms with Crippen LogP contribution in [0.2, 0.25) is 0 Å². The molecule has 0 aliphatic heterocycles. The van der Waals surface area contributed by atoms with Crippen LogP contribution in [0.15, 0.2) is 45.9 Å². The van der Waals surface area contributed by atoms with Gasteiger partial charge in [-0.05, 0) is 36.8 Å². The summed E-state index contributed by atoms with van der Waals surface area (Å²) in [7, 11) is -3.83. The first-order valence-electron chi connectivity index (χ1n) is 5.62. The third-order valence-electron chi connectivity index (χ3n) is 2.58. The monoisotopic (exact) mass is 357 g/mol. The first kappa shape index (κ1) is 14.8. The van der Waals surface area contributed by atoms with Crippen molar-refractivity contribution in [2.45, 2.75) is 11.8 Å². The number of halogens is 1. The van der Waals surface area contributed by atoms with Crippen molar-refractivity contribution in [3.63, 3.8) is 0 Å². The van der Waals surface area contributed by atoms with E-state index in [0.717, 1.165) is 0 Å². The van der Waals surface area contributed by atoms with Crippen molar-refractivity contribution in [3.8, 4) is 0 Å². The number of sulfonamides is 1. The van der Waals surface area contributed by atoms with Crippen LogP contribution >= 0.6 is 15.9 Å². The quantitative estimate of drug-likeness (QED) is 0.727. The first-order chi connectivity index (χ1) is 9.40. The van der Waals surface area contributed by atoms with Crippen molar-refractivity contribution < 1.29 is 13.2 Å². The summed E-state index contributed by atoms with van der Waals surface area (Å²) in [5.41, 5.74) is 2.99. The Morgan fingerprint density at radius 3 is 2.70 bits per heavy atom. The zero-order valence-electron chi connectivity index (χ0n) is 10.5. The van der Waals surface area contributed by atoms with E-state index in [0.29, 0.717) is 10.0 Å². The molecule has 1 aromatic heterocycles. The highest BCUT2D eigenvalue weighted by Gasteiger charge is 2.18. The zero-order valence-corrected chi connectivity index (χ0v) is 12.9. The molecule has 3 N–H and O–H groups in total. The van der Waals surface area contributed by atoms with E-state index >= 15 is 0 Å². The summed E-state index contributed by atoms with van der Waals surface area (Å²) in [4.78, 5) is 16.5. The van der Waals surface area contributed by atoms with Crippen molar-refractivity contribution >= 4 is 31.9 Å². The SMILES string of the molecule is Cc1ccc(Br)cc1S(=O)(=O)NNC(=O)c1ccc[nH]1. The standard InChI is InChI=1S/C12H12BrN3O3S/c1-8-4-5-9(13)7-11(8)20(18,19)16-15-12(17)10-3-2-6-14-10/h2-7,14,16H,1H3,(H,15,17). The molecule has 0 aliphatic rings. The van der Waals surface area contributed by atoms with Crippen LogP contribution in [0.3, 0.4) is 0 Å². The predicted molar refractivity (Wildman–Crippen MR) is 77.5 cm³/mol. The van der Waals surface area contributed by atoms with Gasteiger partial charge in [0.1, 0.15) is 5.69 Å².